The van der Waals surface area contributed by atoms with E-state index in [1.807, 2.05) is 79.7 Å². The van der Waals surface area contributed by atoms with Gasteiger partial charge in [0.25, 0.3) is 5.91 Å². The number of carbonyl (C=O) groups excluding carboxylic acids is 1. The normalized spacial score (nSPS) is 13.7. The number of hydrogen-bond acceptors (Lipinski definition) is 4. The number of amides is 1. The van der Waals surface area contributed by atoms with Crippen LogP contribution < -0.4 is 14.8 Å². The van der Waals surface area contributed by atoms with Gasteiger partial charge in [0, 0.05) is 23.2 Å². The van der Waals surface area contributed by atoms with Crippen LogP contribution in [0.4, 0.5) is 0 Å². The van der Waals surface area contributed by atoms with Crippen molar-refractivity contribution < 1.29 is 14.3 Å². The Morgan fingerprint density at radius 2 is 1.81 bits per heavy atom. The van der Waals surface area contributed by atoms with Crippen LogP contribution in [0.5, 0.6) is 11.5 Å². The van der Waals surface area contributed by atoms with E-state index in [0.29, 0.717) is 29.2 Å². The van der Waals surface area contributed by atoms with Crippen LogP contribution in [0.2, 0.25) is 0 Å². The third kappa shape index (κ3) is 4.40. The maximum Gasteiger partial charge on any atom is 0.262 e. The lowest BCUT2D eigenvalue weighted by Gasteiger charge is -2.22. The van der Waals surface area contributed by atoms with E-state index in [2.05, 4.69) is 11.4 Å². The average molecular weight is 422 g/mol. The molecule has 0 saturated carbocycles. The predicted molar refractivity (Wildman–Crippen MR) is 124 cm³/mol. The molecule has 32 heavy (non-hydrogen) atoms. The van der Waals surface area contributed by atoms with Gasteiger partial charge in [-0.1, -0.05) is 42.0 Å². The van der Waals surface area contributed by atoms with E-state index in [1.165, 1.54) is 0 Å². The molecule has 1 N–H and O–H groups in total. The first-order valence-electron chi connectivity index (χ1n) is 10.2. The van der Waals surface area contributed by atoms with Gasteiger partial charge >= 0.3 is 0 Å². The Bertz CT molecular complexity index is 1250. The van der Waals surface area contributed by atoms with Crippen molar-refractivity contribution in [3.63, 3.8) is 0 Å². The molecule has 5 heteroatoms. The zero-order chi connectivity index (χ0) is 22.5. The number of benzene rings is 3. The minimum Gasteiger partial charge on any atom is -0.497 e. The van der Waals surface area contributed by atoms with Crippen molar-refractivity contribution >= 4 is 17.2 Å². The van der Waals surface area contributed by atoms with E-state index in [1.54, 1.807) is 13.2 Å². The fourth-order valence-electron chi connectivity index (χ4n) is 3.50. The van der Waals surface area contributed by atoms with Crippen LogP contribution >= 0.6 is 0 Å². The van der Waals surface area contributed by atoms with Gasteiger partial charge in [-0.05, 0) is 55.0 Å². The first kappa shape index (κ1) is 21.0. The Kier molecular flexibility index (Phi) is 6.05. The topological polar surface area (TPSA) is 71.3 Å². The van der Waals surface area contributed by atoms with Crippen LogP contribution in [0.1, 0.15) is 22.3 Å². The van der Waals surface area contributed by atoms with Gasteiger partial charge in [-0.3, -0.25) is 4.79 Å². The Morgan fingerprint density at radius 1 is 1.06 bits per heavy atom. The Morgan fingerprint density at radius 3 is 2.50 bits per heavy atom. The molecule has 1 aliphatic heterocycles. The molecule has 158 valence electrons. The van der Waals surface area contributed by atoms with Gasteiger partial charge in [0.15, 0.2) is 0 Å². The highest BCUT2D eigenvalue weighted by Crippen LogP contribution is 2.39. The third-order valence-corrected chi connectivity index (χ3v) is 5.20. The lowest BCUT2D eigenvalue weighted by atomic mass is 9.93. The summed E-state index contributed by atoms with van der Waals surface area (Å²) in [5.74, 6) is 1.46. The Labute approximate surface area is 187 Å². The SMILES string of the molecule is COc1ccc(C2=CC(=C(C#N)C(=O)NCc3ccccc3)c3cc(C)ccc3O2)cc1. The third-order valence-electron chi connectivity index (χ3n) is 5.20. The van der Waals surface area contributed by atoms with Crippen LogP contribution in [0, 0.1) is 18.3 Å². The summed E-state index contributed by atoms with van der Waals surface area (Å²) < 4.78 is 11.4. The van der Waals surface area contributed by atoms with Crippen LogP contribution in [0.15, 0.2) is 84.4 Å². The van der Waals surface area contributed by atoms with E-state index in [9.17, 15) is 10.1 Å². The molecule has 0 saturated heterocycles. The molecule has 3 aromatic carbocycles. The monoisotopic (exact) mass is 422 g/mol. The molecular weight excluding hydrogens is 400 g/mol. The molecular formula is C27H22N2O3. The molecule has 0 unspecified atom stereocenters. The summed E-state index contributed by atoms with van der Waals surface area (Å²) in [6, 6.07) is 24.8. The van der Waals surface area contributed by atoms with Crippen molar-refractivity contribution in [3.05, 3.63) is 107 Å². The van der Waals surface area contributed by atoms with Crippen LogP contribution in [-0.2, 0) is 11.3 Å². The molecule has 3 aromatic rings. The Balaban J connectivity index is 1.75. The maximum absolute atomic E-state index is 13.0. The number of fused-ring (bicyclic) bond motifs is 1. The number of aryl methyl sites for hydroxylation is 1. The van der Waals surface area contributed by atoms with Crippen molar-refractivity contribution in [3.8, 4) is 17.6 Å². The summed E-state index contributed by atoms with van der Waals surface area (Å²) in [5.41, 5.74) is 4.08. The van der Waals surface area contributed by atoms with Crippen LogP contribution in [0.25, 0.3) is 11.3 Å². The molecule has 0 fully saturated rings. The van der Waals surface area contributed by atoms with E-state index < -0.39 is 5.91 Å². The molecule has 0 spiro atoms. The fraction of sp³-hybridized carbons (Fsp3) is 0.111. The summed E-state index contributed by atoms with van der Waals surface area (Å²) in [5, 5.41) is 12.8. The van der Waals surface area contributed by atoms with Gasteiger partial charge in [-0.2, -0.15) is 5.26 Å². The van der Waals surface area contributed by atoms with Crippen LogP contribution in [-0.4, -0.2) is 13.0 Å². The van der Waals surface area contributed by atoms with Crippen molar-refractivity contribution in [1.29, 1.82) is 5.26 Å². The number of methoxy groups -OCH3 is 1. The zero-order valence-electron chi connectivity index (χ0n) is 17.9. The lowest BCUT2D eigenvalue weighted by Crippen LogP contribution is -2.25. The largest absolute Gasteiger partial charge is 0.497 e. The van der Waals surface area contributed by atoms with Gasteiger partial charge in [0.2, 0.25) is 0 Å². The van der Waals surface area contributed by atoms with Gasteiger partial charge in [0.05, 0.1) is 7.11 Å². The van der Waals surface area contributed by atoms with E-state index in [-0.39, 0.29) is 5.57 Å². The second kappa shape index (κ2) is 9.23. The summed E-state index contributed by atoms with van der Waals surface area (Å²) in [7, 11) is 1.61. The summed E-state index contributed by atoms with van der Waals surface area (Å²) in [4.78, 5) is 13.0. The minimum absolute atomic E-state index is 0.0436. The van der Waals surface area contributed by atoms with E-state index in [4.69, 9.17) is 9.47 Å². The van der Waals surface area contributed by atoms with Crippen molar-refractivity contribution in [2.75, 3.05) is 7.11 Å². The number of allylic oxidation sites excluding steroid dienone is 2. The lowest BCUT2D eigenvalue weighted by molar-refractivity contribution is -0.117. The molecule has 4 rings (SSSR count). The van der Waals surface area contributed by atoms with Gasteiger partial charge in [-0.25, -0.2) is 0 Å². The molecule has 0 aliphatic carbocycles. The van der Waals surface area contributed by atoms with E-state index >= 15 is 0 Å². The first-order chi connectivity index (χ1) is 15.6. The van der Waals surface area contributed by atoms with Gasteiger partial charge in [0.1, 0.15) is 28.9 Å². The number of nitriles is 1. The number of hydrogen-bond donors (Lipinski definition) is 1. The fourth-order valence-corrected chi connectivity index (χ4v) is 3.50. The van der Waals surface area contributed by atoms with Gasteiger partial charge < -0.3 is 14.8 Å². The average Bonchev–Trinajstić information content (AvgIpc) is 2.84. The number of carbonyl (C=O) groups is 1. The Hall–Kier alpha value is -4.30. The highest BCUT2D eigenvalue weighted by Gasteiger charge is 2.24. The molecule has 5 nitrogen and oxygen atoms in total. The standard InChI is InChI=1S/C27H22N2O3/c1-18-8-13-25-23(14-18)22(15-26(32-25)20-9-11-21(31-2)12-10-20)24(16-28)27(30)29-17-19-6-4-3-5-7-19/h3-15H,17H2,1-2H3,(H,29,30). The van der Waals surface area contributed by atoms with E-state index in [0.717, 1.165) is 22.4 Å². The first-order valence-corrected chi connectivity index (χ1v) is 10.2. The number of nitrogens with zero attached hydrogens (tertiary/aromatic N) is 1. The summed E-state index contributed by atoms with van der Waals surface area (Å²) >= 11 is 0. The molecule has 0 atom stereocenters. The van der Waals surface area contributed by atoms with Crippen molar-refractivity contribution in [2.24, 2.45) is 0 Å². The predicted octanol–water partition coefficient (Wildman–Crippen LogP) is 5.03. The van der Waals surface area contributed by atoms with Crippen molar-refractivity contribution in [2.45, 2.75) is 13.5 Å². The van der Waals surface area contributed by atoms with Crippen molar-refractivity contribution in [1.82, 2.24) is 5.32 Å². The second-order valence-corrected chi connectivity index (χ2v) is 7.41. The smallest absolute Gasteiger partial charge is 0.262 e. The quantitative estimate of drug-likeness (QED) is 0.462. The maximum atomic E-state index is 13.0. The molecule has 1 aliphatic rings. The number of ether oxygens (including phenoxy) is 2. The number of rotatable bonds is 5. The molecule has 1 amide bonds. The molecule has 0 radical (unpaired) electrons. The summed E-state index contributed by atoms with van der Waals surface area (Å²) in [6.45, 7) is 2.30. The van der Waals surface area contributed by atoms with Gasteiger partial charge in [-0.15, -0.1) is 0 Å². The summed E-state index contributed by atoms with van der Waals surface area (Å²) in [6.07, 6.45) is 1.75. The molecule has 1 heterocycles. The zero-order valence-corrected chi connectivity index (χ0v) is 17.9. The second-order valence-electron chi connectivity index (χ2n) is 7.41. The van der Waals surface area contributed by atoms with Crippen LogP contribution in [0.3, 0.4) is 0 Å². The molecule has 0 aromatic heterocycles. The number of nitrogens with one attached hydrogen (secondary N) is 1. The highest BCUT2D eigenvalue weighted by atomic mass is 16.5. The highest BCUT2D eigenvalue weighted by molar-refractivity contribution is 6.09. The minimum atomic E-state index is -0.425. The molecule has 0 bridgehead atoms.